The van der Waals surface area contributed by atoms with Gasteiger partial charge in [-0.15, -0.1) is 0 Å². The lowest BCUT2D eigenvalue weighted by Gasteiger charge is -2.33. The highest BCUT2D eigenvalue weighted by Gasteiger charge is 2.50. The first-order valence-corrected chi connectivity index (χ1v) is 13.7. The summed E-state index contributed by atoms with van der Waals surface area (Å²) in [6, 6.07) is 5.27. The maximum Gasteiger partial charge on any atom is 0.271 e. The fourth-order valence-electron chi connectivity index (χ4n) is 6.88. The van der Waals surface area contributed by atoms with E-state index in [9.17, 15) is 28.7 Å². The summed E-state index contributed by atoms with van der Waals surface area (Å²) in [6.45, 7) is 1.05. The third kappa shape index (κ3) is 5.31. The first kappa shape index (κ1) is 27.3. The zero-order valence-electron chi connectivity index (χ0n) is 22.4. The monoisotopic (exact) mass is 541 g/mol. The average molecular weight is 542 g/mol. The molecule has 0 spiro atoms. The van der Waals surface area contributed by atoms with Crippen molar-refractivity contribution in [1.82, 2.24) is 15.2 Å². The van der Waals surface area contributed by atoms with Gasteiger partial charge >= 0.3 is 0 Å². The molecule has 0 radical (unpaired) electrons. The zero-order valence-corrected chi connectivity index (χ0v) is 22.4. The number of aliphatic hydroxyl groups is 1. The van der Waals surface area contributed by atoms with E-state index in [1.807, 2.05) is 18.2 Å². The molecule has 10 heteroatoms. The highest BCUT2D eigenvalue weighted by Crippen LogP contribution is 2.43. The largest absolute Gasteiger partial charge is 0.496 e. The molecule has 0 bridgehead atoms. The van der Waals surface area contributed by atoms with E-state index >= 15 is 0 Å². The summed E-state index contributed by atoms with van der Waals surface area (Å²) in [5.41, 5.74) is -0.447. The lowest BCUT2D eigenvalue weighted by Crippen LogP contribution is -2.54. The molecule has 1 saturated heterocycles. The number of ether oxygens (including phenoxy) is 1. The van der Waals surface area contributed by atoms with Crippen molar-refractivity contribution in [2.24, 2.45) is 17.8 Å². The minimum absolute atomic E-state index is 0.0283. The number of aromatic nitrogens is 1. The highest BCUT2D eigenvalue weighted by atomic mass is 19.1. The topological polar surface area (TPSA) is 129 Å². The number of H-pyrrole nitrogens is 1. The quantitative estimate of drug-likeness (QED) is 0.471. The molecular formula is C29H36FN3O6. The molecule has 210 valence electrons. The van der Waals surface area contributed by atoms with E-state index < -0.39 is 42.0 Å². The summed E-state index contributed by atoms with van der Waals surface area (Å²) in [5, 5.41) is 13.1. The van der Waals surface area contributed by atoms with Crippen molar-refractivity contribution in [3.05, 3.63) is 30.0 Å². The van der Waals surface area contributed by atoms with Gasteiger partial charge in [0, 0.05) is 29.8 Å². The maximum atomic E-state index is 14.7. The molecule has 6 unspecified atom stereocenters. The number of nitrogens with one attached hydrogen (secondary N) is 2. The standard InChI is InChI=1S/C29H36FN3O6/c1-29(30)10-9-23(35)17(13-29)11-21(24(36)15-34)32-27(37)26-18-6-3-5-16(18)14-33(26)28(38)22-12-19-20(31-22)7-4-8-25(19)39-2/h4,7-8,12,16-18,21,26,31,34H,3,5-6,9-11,13-15H2,1-2H3,(H,32,37). The Labute approximate surface area is 226 Å². The second-order valence-corrected chi connectivity index (χ2v) is 11.6. The van der Waals surface area contributed by atoms with E-state index in [4.69, 9.17) is 4.74 Å². The van der Waals surface area contributed by atoms with Crippen molar-refractivity contribution < 1.29 is 33.4 Å². The first-order chi connectivity index (χ1) is 18.6. The number of carbonyl (C=O) groups excluding carboxylic acids is 4. The Kier molecular flexibility index (Phi) is 7.50. The van der Waals surface area contributed by atoms with E-state index in [0.717, 1.165) is 30.2 Å². The van der Waals surface area contributed by atoms with Gasteiger partial charge in [0.15, 0.2) is 5.78 Å². The van der Waals surface area contributed by atoms with Gasteiger partial charge < -0.3 is 25.0 Å². The fraction of sp³-hybridized carbons (Fsp3) is 0.586. The van der Waals surface area contributed by atoms with Crippen molar-refractivity contribution in [2.75, 3.05) is 20.3 Å². The van der Waals surface area contributed by atoms with Gasteiger partial charge in [0.1, 0.15) is 35.5 Å². The second kappa shape index (κ2) is 10.7. The second-order valence-electron chi connectivity index (χ2n) is 11.6. The molecule has 39 heavy (non-hydrogen) atoms. The number of hydrogen-bond donors (Lipinski definition) is 3. The van der Waals surface area contributed by atoms with Crippen LogP contribution in [0.15, 0.2) is 24.3 Å². The number of nitrogens with zero attached hydrogens (tertiary/aromatic N) is 1. The van der Waals surface area contributed by atoms with Crippen molar-refractivity contribution in [2.45, 2.75) is 69.6 Å². The molecule has 2 heterocycles. The van der Waals surface area contributed by atoms with Crippen LogP contribution in [-0.4, -0.2) is 76.4 Å². The van der Waals surface area contributed by atoms with Gasteiger partial charge in [-0.1, -0.05) is 12.5 Å². The van der Waals surface area contributed by atoms with E-state index in [0.29, 0.717) is 18.0 Å². The summed E-state index contributed by atoms with van der Waals surface area (Å²) in [6.07, 6.45) is 2.76. The maximum absolute atomic E-state index is 14.7. The summed E-state index contributed by atoms with van der Waals surface area (Å²) < 4.78 is 20.1. The number of alkyl halides is 1. The van der Waals surface area contributed by atoms with Crippen molar-refractivity contribution in [3.8, 4) is 5.75 Å². The first-order valence-electron chi connectivity index (χ1n) is 13.7. The minimum Gasteiger partial charge on any atom is -0.496 e. The molecular weight excluding hydrogens is 505 g/mol. The van der Waals surface area contributed by atoms with Crippen LogP contribution in [0.4, 0.5) is 4.39 Å². The third-order valence-corrected chi connectivity index (χ3v) is 8.90. The smallest absolute Gasteiger partial charge is 0.271 e. The lowest BCUT2D eigenvalue weighted by atomic mass is 9.76. The molecule has 2 amide bonds. The number of carbonyl (C=O) groups is 4. The molecule has 2 aliphatic carbocycles. The highest BCUT2D eigenvalue weighted by molar-refractivity contribution is 6.02. The van der Waals surface area contributed by atoms with Crippen LogP contribution in [0, 0.1) is 17.8 Å². The normalized spacial score (nSPS) is 29.3. The van der Waals surface area contributed by atoms with Crippen LogP contribution in [-0.2, 0) is 14.4 Å². The number of likely N-dealkylation sites (tertiary alicyclic amines) is 1. The fourth-order valence-corrected chi connectivity index (χ4v) is 6.88. The molecule has 3 N–H and O–H groups in total. The minimum atomic E-state index is -1.52. The van der Waals surface area contributed by atoms with Crippen molar-refractivity contribution in [3.63, 3.8) is 0 Å². The van der Waals surface area contributed by atoms with Crippen LogP contribution >= 0.6 is 0 Å². The van der Waals surface area contributed by atoms with Gasteiger partial charge in [-0.3, -0.25) is 19.2 Å². The molecule has 3 fully saturated rings. The lowest BCUT2D eigenvalue weighted by molar-refractivity contribution is -0.134. The molecule has 9 nitrogen and oxygen atoms in total. The van der Waals surface area contributed by atoms with Gasteiger partial charge in [0.25, 0.3) is 5.91 Å². The van der Waals surface area contributed by atoms with E-state index in [2.05, 4.69) is 10.3 Å². The van der Waals surface area contributed by atoms with Crippen LogP contribution < -0.4 is 10.1 Å². The Balaban J connectivity index is 1.38. The zero-order chi connectivity index (χ0) is 27.9. The Morgan fingerprint density at radius 2 is 2.10 bits per heavy atom. The number of halogens is 1. The van der Waals surface area contributed by atoms with Crippen LogP contribution in [0.5, 0.6) is 5.75 Å². The van der Waals surface area contributed by atoms with Gasteiger partial charge in [0.05, 0.1) is 13.2 Å². The third-order valence-electron chi connectivity index (χ3n) is 8.90. The van der Waals surface area contributed by atoms with Crippen molar-refractivity contribution in [1.29, 1.82) is 0 Å². The predicted octanol–water partition coefficient (Wildman–Crippen LogP) is 2.95. The summed E-state index contributed by atoms with van der Waals surface area (Å²) >= 11 is 0. The predicted molar refractivity (Wildman–Crippen MR) is 141 cm³/mol. The number of benzene rings is 1. The van der Waals surface area contributed by atoms with E-state index in [1.165, 1.54) is 6.92 Å². The number of Topliss-reactive ketones (excluding diaryl/α,β-unsaturated/α-hetero) is 2. The van der Waals surface area contributed by atoms with Gasteiger partial charge in [0.2, 0.25) is 5.91 Å². The van der Waals surface area contributed by atoms with Crippen LogP contribution in [0.3, 0.4) is 0 Å². The molecule has 1 aromatic heterocycles. The number of aromatic amines is 1. The SMILES string of the molecule is COc1cccc2[nH]c(C(=O)N3CC4CCCC4C3C(=O)NC(CC3CC(C)(F)CCC3=O)C(=O)CO)cc12. The van der Waals surface area contributed by atoms with E-state index in [-0.39, 0.29) is 49.2 Å². The Morgan fingerprint density at radius 1 is 1.31 bits per heavy atom. The number of fused-ring (bicyclic) bond motifs is 2. The Hall–Kier alpha value is -3.27. The number of aliphatic hydroxyl groups excluding tert-OH is 1. The molecule has 2 aromatic rings. The van der Waals surface area contributed by atoms with Crippen LogP contribution in [0.25, 0.3) is 10.9 Å². The van der Waals surface area contributed by atoms with Crippen molar-refractivity contribution >= 4 is 34.3 Å². The molecule has 5 rings (SSSR count). The van der Waals surface area contributed by atoms with Crippen LogP contribution in [0.2, 0.25) is 0 Å². The number of amides is 2. The summed E-state index contributed by atoms with van der Waals surface area (Å²) in [7, 11) is 1.56. The summed E-state index contributed by atoms with van der Waals surface area (Å²) in [5.74, 6) is -1.56. The average Bonchev–Trinajstić information content (AvgIpc) is 3.63. The van der Waals surface area contributed by atoms with Gasteiger partial charge in [-0.25, -0.2) is 4.39 Å². The number of hydrogen-bond acceptors (Lipinski definition) is 6. The molecule has 6 atom stereocenters. The molecule has 1 aromatic carbocycles. The summed E-state index contributed by atoms with van der Waals surface area (Å²) in [4.78, 5) is 57.4. The Bertz CT molecular complexity index is 1290. The van der Waals surface area contributed by atoms with Crippen LogP contribution in [0.1, 0.15) is 62.4 Å². The molecule has 3 aliphatic rings. The molecule has 2 saturated carbocycles. The number of rotatable bonds is 8. The number of methoxy groups -OCH3 is 1. The van der Waals surface area contributed by atoms with Gasteiger partial charge in [-0.2, -0.15) is 0 Å². The van der Waals surface area contributed by atoms with Gasteiger partial charge in [-0.05, 0) is 69.1 Å². The number of ketones is 2. The van der Waals surface area contributed by atoms with E-state index in [1.54, 1.807) is 18.1 Å². The molecule has 1 aliphatic heterocycles. The Morgan fingerprint density at radius 3 is 2.85 bits per heavy atom.